The Hall–Kier alpha value is -1.22. The topological polar surface area (TPSA) is 30.5 Å². The molecular weight excluding hydrogens is 238 g/mol. The highest BCUT2D eigenvalue weighted by Gasteiger charge is 2.10. The van der Waals surface area contributed by atoms with E-state index >= 15 is 0 Å². The third kappa shape index (κ3) is 5.11. The molecule has 0 heterocycles. The van der Waals surface area contributed by atoms with Gasteiger partial charge in [-0.2, -0.15) is 0 Å². The summed E-state index contributed by atoms with van der Waals surface area (Å²) in [6.07, 6.45) is 2.00. The Bertz CT molecular complexity index is 366. The third-order valence-corrected chi connectivity index (χ3v) is 2.90. The van der Waals surface area contributed by atoms with Crippen LogP contribution >= 0.6 is 0 Å². The van der Waals surface area contributed by atoms with Crippen LogP contribution in [-0.2, 0) is 0 Å². The normalized spacial score (nSPS) is 12.2. The fourth-order valence-corrected chi connectivity index (χ4v) is 1.87. The van der Waals surface area contributed by atoms with Crippen LogP contribution in [0.3, 0.4) is 0 Å². The summed E-state index contributed by atoms with van der Waals surface area (Å²) in [5.41, 5.74) is 1.23. The summed E-state index contributed by atoms with van der Waals surface area (Å²) in [5.74, 6) is 1.71. The quantitative estimate of drug-likeness (QED) is 0.733. The van der Waals surface area contributed by atoms with E-state index in [1.165, 1.54) is 5.56 Å². The molecule has 108 valence electrons. The molecule has 0 saturated heterocycles. The van der Waals surface area contributed by atoms with Crippen LogP contribution in [0, 0.1) is 0 Å². The SMILES string of the molecule is CCCOc1ccc(C(C)NCC)cc1OCCC. The van der Waals surface area contributed by atoms with Crippen LogP contribution in [0.2, 0.25) is 0 Å². The van der Waals surface area contributed by atoms with Crippen molar-refractivity contribution >= 4 is 0 Å². The molecule has 1 unspecified atom stereocenters. The van der Waals surface area contributed by atoms with Crippen molar-refractivity contribution in [3.8, 4) is 11.5 Å². The zero-order valence-corrected chi connectivity index (χ0v) is 12.7. The van der Waals surface area contributed by atoms with Gasteiger partial charge in [-0.1, -0.05) is 26.8 Å². The number of nitrogens with one attached hydrogen (secondary N) is 1. The maximum absolute atomic E-state index is 5.80. The molecule has 3 nitrogen and oxygen atoms in total. The Labute approximate surface area is 117 Å². The molecule has 0 aliphatic heterocycles. The van der Waals surface area contributed by atoms with Crippen molar-refractivity contribution < 1.29 is 9.47 Å². The summed E-state index contributed by atoms with van der Waals surface area (Å²) in [5, 5.41) is 3.41. The second-order valence-corrected chi connectivity index (χ2v) is 4.68. The molecule has 0 spiro atoms. The fraction of sp³-hybridized carbons (Fsp3) is 0.625. The van der Waals surface area contributed by atoms with Crippen molar-refractivity contribution in [2.45, 2.75) is 46.6 Å². The molecule has 19 heavy (non-hydrogen) atoms. The maximum atomic E-state index is 5.80. The molecule has 0 aliphatic rings. The van der Waals surface area contributed by atoms with Crippen molar-refractivity contribution in [3.63, 3.8) is 0 Å². The third-order valence-electron chi connectivity index (χ3n) is 2.90. The van der Waals surface area contributed by atoms with Crippen molar-refractivity contribution in [1.82, 2.24) is 5.32 Å². The first kappa shape index (κ1) is 15.8. The van der Waals surface area contributed by atoms with Gasteiger partial charge in [0.05, 0.1) is 13.2 Å². The van der Waals surface area contributed by atoms with E-state index in [9.17, 15) is 0 Å². The van der Waals surface area contributed by atoms with Crippen LogP contribution in [0.15, 0.2) is 18.2 Å². The average molecular weight is 265 g/mol. The average Bonchev–Trinajstić information content (AvgIpc) is 2.43. The Morgan fingerprint density at radius 1 is 1.00 bits per heavy atom. The molecular formula is C16H27NO2. The van der Waals surface area contributed by atoms with Gasteiger partial charge in [0.15, 0.2) is 11.5 Å². The summed E-state index contributed by atoms with van der Waals surface area (Å²) >= 11 is 0. The maximum Gasteiger partial charge on any atom is 0.161 e. The van der Waals surface area contributed by atoms with Gasteiger partial charge < -0.3 is 14.8 Å². The van der Waals surface area contributed by atoms with Crippen LogP contribution in [0.1, 0.15) is 52.1 Å². The highest BCUT2D eigenvalue weighted by Crippen LogP contribution is 2.30. The predicted octanol–water partition coefficient (Wildman–Crippen LogP) is 3.93. The Balaban J connectivity index is 2.86. The lowest BCUT2D eigenvalue weighted by molar-refractivity contribution is 0.268. The smallest absolute Gasteiger partial charge is 0.161 e. The van der Waals surface area contributed by atoms with Crippen LogP contribution in [-0.4, -0.2) is 19.8 Å². The lowest BCUT2D eigenvalue weighted by atomic mass is 10.1. The zero-order valence-electron chi connectivity index (χ0n) is 12.7. The number of ether oxygens (including phenoxy) is 2. The van der Waals surface area contributed by atoms with Crippen LogP contribution in [0.4, 0.5) is 0 Å². The molecule has 0 radical (unpaired) electrons. The lowest BCUT2D eigenvalue weighted by Crippen LogP contribution is -2.17. The summed E-state index contributed by atoms with van der Waals surface area (Å²) in [4.78, 5) is 0. The van der Waals surface area contributed by atoms with Gasteiger partial charge in [0.1, 0.15) is 0 Å². The van der Waals surface area contributed by atoms with Gasteiger partial charge in [-0.15, -0.1) is 0 Å². The molecule has 1 aromatic carbocycles. The minimum absolute atomic E-state index is 0.328. The van der Waals surface area contributed by atoms with E-state index in [2.05, 4.69) is 45.1 Å². The minimum atomic E-state index is 0.328. The van der Waals surface area contributed by atoms with Crippen molar-refractivity contribution in [1.29, 1.82) is 0 Å². The van der Waals surface area contributed by atoms with E-state index < -0.39 is 0 Å². The second kappa shape index (κ2) is 8.81. The molecule has 3 heteroatoms. The van der Waals surface area contributed by atoms with Gasteiger partial charge in [0, 0.05) is 6.04 Å². The number of hydrogen-bond acceptors (Lipinski definition) is 3. The first-order chi connectivity index (χ1) is 9.22. The zero-order chi connectivity index (χ0) is 14.1. The highest BCUT2D eigenvalue weighted by atomic mass is 16.5. The van der Waals surface area contributed by atoms with E-state index in [0.29, 0.717) is 6.04 Å². The molecule has 1 N–H and O–H groups in total. The Morgan fingerprint density at radius 3 is 2.21 bits per heavy atom. The highest BCUT2D eigenvalue weighted by molar-refractivity contribution is 5.43. The van der Waals surface area contributed by atoms with E-state index in [0.717, 1.165) is 44.1 Å². The van der Waals surface area contributed by atoms with Gasteiger partial charge >= 0.3 is 0 Å². The van der Waals surface area contributed by atoms with Crippen LogP contribution in [0.25, 0.3) is 0 Å². The molecule has 0 bridgehead atoms. The van der Waals surface area contributed by atoms with Gasteiger partial charge in [0.2, 0.25) is 0 Å². The molecule has 1 aromatic rings. The lowest BCUT2D eigenvalue weighted by Gasteiger charge is -2.17. The summed E-state index contributed by atoms with van der Waals surface area (Å²) in [6, 6.07) is 6.55. The van der Waals surface area contributed by atoms with Crippen LogP contribution < -0.4 is 14.8 Å². The molecule has 1 rings (SSSR count). The fourth-order valence-electron chi connectivity index (χ4n) is 1.87. The molecule has 0 fully saturated rings. The molecule has 1 atom stereocenters. The number of rotatable bonds is 9. The summed E-state index contributed by atoms with van der Waals surface area (Å²) < 4.78 is 11.5. The first-order valence-corrected chi connectivity index (χ1v) is 7.35. The molecule has 0 aromatic heterocycles. The molecule has 0 saturated carbocycles. The van der Waals surface area contributed by atoms with Gasteiger partial charge in [-0.05, 0) is 44.0 Å². The Kier molecular flexibility index (Phi) is 7.34. The van der Waals surface area contributed by atoms with Gasteiger partial charge in [-0.3, -0.25) is 0 Å². The second-order valence-electron chi connectivity index (χ2n) is 4.68. The summed E-state index contributed by atoms with van der Waals surface area (Å²) in [7, 11) is 0. The first-order valence-electron chi connectivity index (χ1n) is 7.35. The largest absolute Gasteiger partial charge is 0.490 e. The molecule has 0 aliphatic carbocycles. The predicted molar refractivity (Wildman–Crippen MR) is 80.1 cm³/mol. The standard InChI is InChI=1S/C16H27NO2/c1-5-10-18-15-9-8-14(13(4)17-7-3)12-16(15)19-11-6-2/h8-9,12-13,17H,5-7,10-11H2,1-4H3. The van der Waals surface area contributed by atoms with Gasteiger partial charge in [-0.25, -0.2) is 0 Å². The van der Waals surface area contributed by atoms with Crippen molar-refractivity contribution in [2.75, 3.05) is 19.8 Å². The monoisotopic (exact) mass is 265 g/mol. The van der Waals surface area contributed by atoms with E-state index in [1.807, 2.05) is 6.07 Å². The van der Waals surface area contributed by atoms with E-state index in [-0.39, 0.29) is 0 Å². The van der Waals surface area contributed by atoms with Crippen molar-refractivity contribution in [3.05, 3.63) is 23.8 Å². The summed E-state index contributed by atoms with van der Waals surface area (Å²) in [6.45, 7) is 10.9. The van der Waals surface area contributed by atoms with Gasteiger partial charge in [0.25, 0.3) is 0 Å². The molecule has 0 amide bonds. The van der Waals surface area contributed by atoms with E-state index in [1.54, 1.807) is 0 Å². The Morgan fingerprint density at radius 2 is 1.63 bits per heavy atom. The number of benzene rings is 1. The van der Waals surface area contributed by atoms with E-state index in [4.69, 9.17) is 9.47 Å². The van der Waals surface area contributed by atoms with Crippen molar-refractivity contribution in [2.24, 2.45) is 0 Å². The number of hydrogen-bond donors (Lipinski definition) is 1. The van der Waals surface area contributed by atoms with Crippen LogP contribution in [0.5, 0.6) is 11.5 Å². The minimum Gasteiger partial charge on any atom is -0.490 e.